The first-order chi connectivity index (χ1) is 9.25. The van der Waals surface area contributed by atoms with Gasteiger partial charge in [-0.05, 0) is 34.0 Å². The van der Waals surface area contributed by atoms with Gasteiger partial charge in [0.25, 0.3) is 0 Å². The molecule has 3 N–H and O–H groups in total. The molecule has 0 aliphatic rings. The molecule has 2 heterocycles. The van der Waals surface area contributed by atoms with E-state index in [9.17, 15) is 5.11 Å². The minimum Gasteiger partial charge on any atom is -0.388 e. The topological polar surface area (TPSA) is 59.1 Å². The Morgan fingerprint density at radius 3 is 2.89 bits per heavy atom. The Labute approximate surface area is 115 Å². The highest BCUT2D eigenvalue weighted by atomic mass is 32.1. The summed E-state index contributed by atoms with van der Waals surface area (Å²) in [6, 6.07) is 11.8. The number of fused-ring (bicyclic) bond motifs is 1. The van der Waals surface area contributed by atoms with Crippen LogP contribution in [-0.4, -0.2) is 10.1 Å². The van der Waals surface area contributed by atoms with Gasteiger partial charge in [0.1, 0.15) is 5.82 Å². The van der Waals surface area contributed by atoms with Crippen LogP contribution in [0.2, 0.25) is 0 Å². The number of anilines is 1. The lowest BCUT2D eigenvalue weighted by Gasteiger charge is -2.11. The van der Waals surface area contributed by atoms with Gasteiger partial charge < -0.3 is 10.8 Å². The zero-order valence-corrected chi connectivity index (χ0v) is 11.1. The highest BCUT2D eigenvalue weighted by Crippen LogP contribution is 2.32. The summed E-state index contributed by atoms with van der Waals surface area (Å²) in [5.41, 5.74) is 7.66. The van der Waals surface area contributed by atoms with Gasteiger partial charge in [0.15, 0.2) is 0 Å². The molecule has 1 aromatic carbocycles. The highest BCUT2D eigenvalue weighted by molar-refractivity contribution is 7.17. The van der Waals surface area contributed by atoms with Crippen molar-refractivity contribution in [1.82, 2.24) is 4.98 Å². The molecule has 2 aromatic heterocycles. The summed E-state index contributed by atoms with van der Waals surface area (Å²) in [5, 5.41) is 13.5. The first kappa shape index (κ1) is 12.1. The van der Waals surface area contributed by atoms with Crippen LogP contribution in [0.4, 0.5) is 5.82 Å². The lowest BCUT2D eigenvalue weighted by Crippen LogP contribution is -2.04. The number of aliphatic hydroxyl groups excluding tert-OH is 1. The molecule has 1 unspecified atom stereocenters. The second kappa shape index (κ2) is 4.99. The number of nitrogens with two attached hydrogens (primary N) is 1. The Bertz CT molecular complexity index is 708. The lowest BCUT2D eigenvalue weighted by molar-refractivity contribution is 0.180. The standard InChI is InChI=1S/C15H14N2OS/c16-15-10(4-3-7-17-15)8-13(18)12-9-19-14-6-2-1-5-11(12)14/h1-7,9,13,18H,8H2,(H2,16,17). The number of nitrogens with zero attached hydrogens (tertiary/aromatic N) is 1. The fourth-order valence-electron chi connectivity index (χ4n) is 2.20. The molecule has 0 saturated heterocycles. The molecule has 0 aliphatic carbocycles. The van der Waals surface area contributed by atoms with Crippen LogP contribution in [0.5, 0.6) is 0 Å². The number of thiophene rings is 1. The number of aliphatic hydroxyl groups is 1. The minimum absolute atomic E-state index is 0.487. The zero-order valence-electron chi connectivity index (χ0n) is 10.3. The van der Waals surface area contributed by atoms with E-state index < -0.39 is 6.10 Å². The van der Waals surface area contributed by atoms with Crippen molar-refractivity contribution in [3.8, 4) is 0 Å². The van der Waals surface area contributed by atoms with E-state index in [0.717, 1.165) is 16.5 Å². The van der Waals surface area contributed by atoms with Crippen molar-refractivity contribution in [2.45, 2.75) is 12.5 Å². The second-order valence-electron chi connectivity index (χ2n) is 4.45. The van der Waals surface area contributed by atoms with E-state index in [2.05, 4.69) is 11.1 Å². The number of aromatic nitrogens is 1. The Morgan fingerprint density at radius 1 is 1.21 bits per heavy atom. The molecule has 19 heavy (non-hydrogen) atoms. The third-order valence-corrected chi connectivity index (χ3v) is 4.19. The van der Waals surface area contributed by atoms with Crippen LogP contribution in [0, 0.1) is 0 Å². The summed E-state index contributed by atoms with van der Waals surface area (Å²) < 4.78 is 1.19. The fraction of sp³-hybridized carbons (Fsp3) is 0.133. The molecular formula is C15H14N2OS. The van der Waals surface area contributed by atoms with Crippen LogP contribution in [0.15, 0.2) is 48.0 Å². The second-order valence-corrected chi connectivity index (χ2v) is 5.37. The average molecular weight is 270 g/mol. The van der Waals surface area contributed by atoms with Crippen molar-refractivity contribution in [3.05, 3.63) is 59.1 Å². The van der Waals surface area contributed by atoms with E-state index in [1.165, 1.54) is 4.70 Å². The highest BCUT2D eigenvalue weighted by Gasteiger charge is 2.14. The molecule has 0 saturated carbocycles. The van der Waals surface area contributed by atoms with Gasteiger partial charge in [-0.3, -0.25) is 0 Å². The monoisotopic (exact) mass is 270 g/mol. The van der Waals surface area contributed by atoms with Gasteiger partial charge in [0, 0.05) is 17.3 Å². The summed E-state index contributed by atoms with van der Waals surface area (Å²) in [6.07, 6.45) is 1.59. The van der Waals surface area contributed by atoms with Crippen molar-refractivity contribution in [2.24, 2.45) is 0 Å². The molecule has 0 amide bonds. The minimum atomic E-state index is -0.553. The summed E-state index contributed by atoms with van der Waals surface area (Å²) in [5.74, 6) is 0.487. The van der Waals surface area contributed by atoms with Gasteiger partial charge in [-0.15, -0.1) is 11.3 Å². The van der Waals surface area contributed by atoms with Crippen LogP contribution in [0.1, 0.15) is 17.2 Å². The van der Waals surface area contributed by atoms with E-state index in [4.69, 9.17) is 5.73 Å². The first-order valence-corrected chi connectivity index (χ1v) is 6.97. The Hall–Kier alpha value is -1.91. The average Bonchev–Trinajstić information content (AvgIpc) is 2.85. The van der Waals surface area contributed by atoms with E-state index in [0.29, 0.717) is 12.2 Å². The van der Waals surface area contributed by atoms with Gasteiger partial charge in [-0.2, -0.15) is 0 Å². The van der Waals surface area contributed by atoms with Crippen molar-refractivity contribution < 1.29 is 5.11 Å². The molecule has 0 aliphatic heterocycles. The lowest BCUT2D eigenvalue weighted by atomic mass is 10.0. The Morgan fingerprint density at radius 2 is 2.05 bits per heavy atom. The summed E-state index contributed by atoms with van der Waals surface area (Å²) in [7, 11) is 0. The molecule has 4 heteroatoms. The molecule has 3 aromatic rings. The first-order valence-electron chi connectivity index (χ1n) is 6.09. The molecule has 1 atom stereocenters. The van der Waals surface area contributed by atoms with Gasteiger partial charge in [-0.25, -0.2) is 4.98 Å². The number of rotatable bonds is 3. The third-order valence-electron chi connectivity index (χ3n) is 3.21. The van der Waals surface area contributed by atoms with Crippen molar-refractivity contribution >= 4 is 27.2 Å². The maximum absolute atomic E-state index is 10.4. The normalized spacial score (nSPS) is 12.7. The molecule has 3 rings (SSSR count). The quantitative estimate of drug-likeness (QED) is 0.768. The molecule has 0 fully saturated rings. The summed E-state index contributed by atoms with van der Waals surface area (Å²) in [6.45, 7) is 0. The third kappa shape index (κ3) is 2.32. The largest absolute Gasteiger partial charge is 0.388 e. The van der Waals surface area contributed by atoms with Gasteiger partial charge in [0.2, 0.25) is 0 Å². The maximum Gasteiger partial charge on any atom is 0.126 e. The van der Waals surface area contributed by atoms with Crippen LogP contribution >= 0.6 is 11.3 Å². The van der Waals surface area contributed by atoms with E-state index in [-0.39, 0.29) is 0 Å². The van der Waals surface area contributed by atoms with Crippen LogP contribution < -0.4 is 5.73 Å². The summed E-state index contributed by atoms with van der Waals surface area (Å²) >= 11 is 1.65. The van der Waals surface area contributed by atoms with Crippen molar-refractivity contribution in [2.75, 3.05) is 5.73 Å². The molecule has 0 spiro atoms. The summed E-state index contributed by atoms with van der Waals surface area (Å²) in [4.78, 5) is 4.05. The van der Waals surface area contributed by atoms with Crippen LogP contribution in [0.3, 0.4) is 0 Å². The molecule has 0 radical (unpaired) electrons. The molecular weight excluding hydrogens is 256 g/mol. The van der Waals surface area contributed by atoms with E-state index in [1.54, 1.807) is 17.5 Å². The van der Waals surface area contributed by atoms with Gasteiger partial charge in [0.05, 0.1) is 6.10 Å². The fourth-order valence-corrected chi connectivity index (χ4v) is 3.21. The van der Waals surface area contributed by atoms with Crippen LogP contribution in [0.25, 0.3) is 10.1 Å². The number of pyridine rings is 1. The van der Waals surface area contributed by atoms with Gasteiger partial charge >= 0.3 is 0 Å². The molecule has 0 bridgehead atoms. The predicted molar refractivity (Wildman–Crippen MR) is 79.1 cm³/mol. The number of benzene rings is 1. The molecule has 96 valence electrons. The van der Waals surface area contributed by atoms with Crippen LogP contribution in [-0.2, 0) is 6.42 Å². The van der Waals surface area contributed by atoms with Gasteiger partial charge in [-0.1, -0.05) is 24.3 Å². The van der Waals surface area contributed by atoms with Crippen molar-refractivity contribution in [3.63, 3.8) is 0 Å². The zero-order chi connectivity index (χ0) is 13.2. The molecule has 3 nitrogen and oxygen atoms in total. The Balaban J connectivity index is 1.92. The number of hydrogen-bond acceptors (Lipinski definition) is 4. The Kier molecular flexibility index (Phi) is 3.19. The predicted octanol–water partition coefficient (Wildman–Crippen LogP) is 3.15. The van der Waals surface area contributed by atoms with E-state index in [1.807, 2.05) is 35.7 Å². The smallest absolute Gasteiger partial charge is 0.126 e. The van der Waals surface area contributed by atoms with Crippen molar-refractivity contribution in [1.29, 1.82) is 0 Å². The SMILES string of the molecule is Nc1ncccc1CC(O)c1csc2ccccc12. The van der Waals surface area contributed by atoms with E-state index >= 15 is 0 Å². The maximum atomic E-state index is 10.4. The number of hydrogen-bond donors (Lipinski definition) is 2. The number of nitrogen functional groups attached to an aromatic ring is 1.